The van der Waals surface area contributed by atoms with Crippen molar-refractivity contribution in [1.82, 2.24) is 9.80 Å². The van der Waals surface area contributed by atoms with Crippen molar-refractivity contribution in [2.75, 3.05) is 33.2 Å². The maximum absolute atomic E-state index is 12.2. The summed E-state index contributed by atoms with van der Waals surface area (Å²) in [6.07, 6.45) is 4.48. The third-order valence-electron chi connectivity index (χ3n) is 4.10. The fourth-order valence-corrected chi connectivity index (χ4v) is 2.61. The van der Waals surface area contributed by atoms with Gasteiger partial charge in [-0.25, -0.2) is 0 Å². The fraction of sp³-hybridized carbons (Fsp3) is 0.588. The zero-order valence-corrected chi connectivity index (χ0v) is 12.8. The minimum Gasteiger partial charge on any atom is -0.344 e. The lowest BCUT2D eigenvalue weighted by atomic mass is 10.1. The minimum atomic E-state index is 0.214. The zero-order valence-electron chi connectivity index (χ0n) is 12.8. The van der Waals surface area contributed by atoms with E-state index in [0.29, 0.717) is 6.42 Å². The molecule has 110 valence electrons. The van der Waals surface area contributed by atoms with E-state index in [4.69, 9.17) is 0 Å². The number of likely N-dealkylation sites (tertiary alicyclic amines) is 1. The maximum atomic E-state index is 12.2. The molecular weight excluding hydrogens is 248 g/mol. The third-order valence-corrected chi connectivity index (χ3v) is 4.10. The normalized spacial score (nSPS) is 16.1. The van der Waals surface area contributed by atoms with Crippen molar-refractivity contribution in [3.05, 3.63) is 35.4 Å². The highest BCUT2D eigenvalue weighted by molar-refractivity contribution is 5.78. The molecule has 20 heavy (non-hydrogen) atoms. The summed E-state index contributed by atoms with van der Waals surface area (Å²) in [4.78, 5) is 16.5. The van der Waals surface area contributed by atoms with Crippen molar-refractivity contribution in [3.8, 4) is 0 Å². The van der Waals surface area contributed by atoms with Gasteiger partial charge in [0.15, 0.2) is 0 Å². The van der Waals surface area contributed by atoms with Gasteiger partial charge < -0.3 is 9.80 Å². The van der Waals surface area contributed by atoms with Crippen LogP contribution in [0.2, 0.25) is 0 Å². The largest absolute Gasteiger partial charge is 0.344 e. The molecule has 1 aliphatic heterocycles. The highest BCUT2D eigenvalue weighted by atomic mass is 16.2. The molecule has 0 unspecified atom stereocenters. The quantitative estimate of drug-likeness (QED) is 0.823. The summed E-state index contributed by atoms with van der Waals surface area (Å²) in [6, 6.07) is 8.23. The Labute approximate surface area is 122 Å². The molecule has 1 heterocycles. The van der Waals surface area contributed by atoms with Gasteiger partial charge in [-0.1, -0.05) is 36.2 Å². The topological polar surface area (TPSA) is 23.6 Å². The zero-order chi connectivity index (χ0) is 14.4. The average Bonchev–Trinajstić information content (AvgIpc) is 2.48. The Morgan fingerprint density at radius 1 is 1.15 bits per heavy atom. The second-order valence-electron chi connectivity index (χ2n) is 5.88. The summed E-state index contributed by atoms with van der Waals surface area (Å²) in [6.45, 7) is 6.30. The van der Waals surface area contributed by atoms with Gasteiger partial charge in [0, 0.05) is 20.1 Å². The smallest absolute Gasteiger partial charge is 0.226 e. The monoisotopic (exact) mass is 274 g/mol. The molecule has 1 aliphatic rings. The van der Waals surface area contributed by atoms with Crippen LogP contribution in [0.3, 0.4) is 0 Å². The molecule has 0 atom stereocenters. The van der Waals surface area contributed by atoms with Crippen molar-refractivity contribution in [2.45, 2.75) is 32.6 Å². The first-order chi connectivity index (χ1) is 9.65. The molecular formula is C17H26N2O. The van der Waals surface area contributed by atoms with Crippen LogP contribution >= 0.6 is 0 Å². The molecule has 0 bridgehead atoms. The summed E-state index contributed by atoms with van der Waals surface area (Å²) >= 11 is 0. The van der Waals surface area contributed by atoms with Gasteiger partial charge in [-0.3, -0.25) is 4.79 Å². The van der Waals surface area contributed by atoms with E-state index < -0.39 is 0 Å². The van der Waals surface area contributed by atoms with Crippen molar-refractivity contribution < 1.29 is 4.79 Å². The number of rotatable bonds is 5. The van der Waals surface area contributed by atoms with E-state index >= 15 is 0 Å². The minimum absolute atomic E-state index is 0.214. The first-order valence-electron chi connectivity index (χ1n) is 7.67. The van der Waals surface area contributed by atoms with E-state index in [1.54, 1.807) is 0 Å². The van der Waals surface area contributed by atoms with E-state index in [2.05, 4.69) is 24.0 Å². The van der Waals surface area contributed by atoms with Gasteiger partial charge in [0.2, 0.25) is 5.91 Å². The molecule has 0 saturated carbocycles. The summed E-state index contributed by atoms with van der Waals surface area (Å²) in [5, 5.41) is 0. The average molecular weight is 274 g/mol. The number of benzene rings is 1. The summed E-state index contributed by atoms with van der Waals surface area (Å²) in [7, 11) is 1.92. The van der Waals surface area contributed by atoms with Gasteiger partial charge in [0.25, 0.3) is 0 Å². The third kappa shape index (κ3) is 4.64. The number of piperidine rings is 1. The summed E-state index contributed by atoms with van der Waals surface area (Å²) in [5.74, 6) is 0.214. The number of hydrogen-bond donors (Lipinski definition) is 0. The van der Waals surface area contributed by atoms with Crippen LogP contribution < -0.4 is 0 Å². The standard InChI is InChI=1S/C17H26N2O/c1-15-6-8-16(9-7-15)14-17(20)18(2)12-13-19-10-4-3-5-11-19/h6-9H,3-5,10-14H2,1-2H3. The lowest BCUT2D eigenvalue weighted by Gasteiger charge is -2.28. The Morgan fingerprint density at radius 3 is 2.45 bits per heavy atom. The summed E-state index contributed by atoms with van der Waals surface area (Å²) < 4.78 is 0. The van der Waals surface area contributed by atoms with E-state index in [1.807, 2.05) is 24.1 Å². The fourth-order valence-electron chi connectivity index (χ4n) is 2.61. The van der Waals surface area contributed by atoms with Crippen LogP contribution in [0.25, 0.3) is 0 Å². The number of aryl methyl sites for hydroxylation is 1. The maximum Gasteiger partial charge on any atom is 0.226 e. The van der Waals surface area contributed by atoms with Crippen LogP contribution in [0.4, 0.5) is 0 Å². The molecule has 1 amide bonds. The van der Waals surface area contributed by atoms with Crippen LogP contribution in [0.15, 0.2) is 24.3 Å². The molecule has 1 aromatic rings. The van der Waals surface area contributed by atoms with Crippen molar-refractivity contribution >= 4 is 5.91 Å². The van der Waals surface area contributed by atoms with E-state index in [-0.39, 0.29) is 5.91 Å². The number of likely N-dealkylation sites (N-methyl/N-ethyl adjacent to an activating group) is 1. The number of carbonyl (C=O) groups excluding carboxylic acids is 1. The number of nitrogens with zero attached hydrogens (tertiary/aromatic N) is 2. The molecule has 2 rings (SSSR count). The molecule has 0 aromatic heterocycles. The number of hydrogen-bond acceptors (Lipinski definition) is 2. The van der Waals surface area contributed by atoms with Crippen LogP contribution in [-0.2, 0) is 11.2 Å². The molecule has 0 spiro atoms. The second-order valence-corrected chi connectivity index (χ2v) is 5.88. The van der Waals surface area contributed by atoms with Crippen molar-refractivity contribution in [1.29, 1.82) is 0 Å². The predicted molar refractivity (Wildman–Crippen MR) is 82.8 cm³/mol. The van der Waals surface area contributed by atoms with Gasteiger partial charge in [-0.15, -0.1) is 0 Å². The lowest BCUT2D eigenvalue weighted by Crippen LogP contribution is -2.39. The van der Waals surface area contributed by atoms with Crippen LogP contribution in [0, 0.1) is 6.92 Å². The highest BCUT2D eigenvalue weighted by Gasteiger charge is 2.13. The Balaban J connectivity index is 1.75. The number of carbonyl (C=O) groups is 1. The first kappa shape index (κ1) is 15.0. The Bertz CT molecular complexity index is 421. The summed E-state index contributed by atoms with van der Waals surface area (Å²) in [5.41, 5.74) is 2.34. The van der Waals surface area contributed by atoms with Crippen LogP contribution in [-0.4, -0.2) is 48.9 Å². The molecule has 0 N–H and O–H groups in total. The van der Waals surface area contributed by atoms with Gasteiger partial charge in [0.1, 0.15) is 0 Å². The Kier molecular flexibility index (Phi) is 5.60. The van der Waals surface area contributed by atoms with Crippen LogP contribution in [0.5, 0.6) is 0 Å². The van der Waals surface area contributed by atoms with Gasteiger partial charge in [0.05, 0.1) is 6.42 Å². The molecule has 1 fully saturated rings. The molecule has 0 radical (unpaired) electrons. The van der Waals surface area contributed by atoms with Crippen molar-refractivity contribution in [2.24, 2.45) is 0 Å². The molecule has 1 aromatic carbocycles. The molecule has 3 heteroatoms. The van der Waals surface area contributed by atoms with E-state index in [9.17, 15) is 4.79 Å². The number of amides is 1. The predicted octanol–water partition coefficient (Wildman–Crippen LogP) is 2.48. The Hall–Kier alpha value is -1.35. The molecule has 1 saturated heterocycles. The van der Waals surface area contributed by atoms with E-state index in [1.165, 1.54) is 37.9 Å². The van der Waals surface area contributed by atoms with Gasteiger partial charge in [-0.05, 0) is 38.4 Å². The van der Waals surface area contributed by atoms with Crippen LogP contribution in [0.1, 0.15) is 30.4 Å². The van der Waals surface area contributed by atoms with Crippen molar-refractivity contribution in [3.63, 3.8) is 0 Å². The Morgan fingerprint density at radius 2 is 1.80 bits per heavy atom. The highest BCUT2D eigenvalue weighted by Crippen LogP contribution is 2.09. The van der Waals surface area contributed by atoms with Gasteiger partial charge >= 0.3 is 0 Å². The second kappa shape index (κ2) is 7.44. The molecule has 3 nitrogen and oxygen atoms in total. The van der Waals surface area contributed by atoms with Gasteiger partial charge in [-0.2, -0.15) is 0 Å². The SMILES string of the molecule is Cc1ccc(CC(=O)N(C)CCN2CCCCC2)cc1. The molecule has 0 aliphatic carbocycles. The first-order valence-corrected chi connectivity index (χ1v) is 7.67. The van der Waals surface area contributed by atoms with E-state index in [0.717, 1.165) is 18.7 Å². The lowest BCUT2D eigenvalue weighted by molar-refractivity contribution is -0.129.